The normalized spacial score (nSPS) is 17.9. The Labute approximate surface area is 150 Å². The highest BCUT2D eigenvalue weighted by molar-refractivity contribution is 4.53. The molecule has 0 aliphatic carbocycles. The minimum Gasteiger partial charge on any atom is -0.394 e. The fraction of sp³-hybridized carbons (Fsp3) is 1.00. The maximum atomic E-state index is 8.52. The van der Waals surface area contributed by atoms with Crippen LogP contribution in [0, 0.1) is 0 Å². The fourth-order valence-electron chi connectivity index (χ4n) is 2.13. The molecular weight excluding hydrogens is 332 g/mol. The number of aliphatic hydroxyl groups excluding tert-OH is 1. The van der Waals surface area contributed by atoms with Crippen molar-refractivity contribution in [1.29, 1.82) is 0 Å². The van der Waals surface area contributed by atoms with Crippen molar-refractivity contribution in [2.75, 3.05) is 85.9 Å². The molecule has 1 fully saturated rings. The van der Waals surface area contributed by atoms with Gasteiger partial charge in [-0.1, -0.05) is 0 Å². The molecule has 0 unspecified atom stereocenters. The Morgan fingerprint density at radius 3 is 1.56 bits per heavy atom. The maximum Gasteiger partial charge on any atom is 0.157 e. The monoisotopic (exact) mass is 366 g/mol. The van der Waals surface area contributed by atoms with Gasteiger partial charge < -0.3 is 38.3 Å². The van der Waals surface area contributed by atoms with E-state index in [0.29, 0.717) is 72.7 Å². The second-order valence-electron chi connectivity index (χ2n) is 5.45. The van der Waals surface area contributed by atoms with Crippen LogP contribution in [0.25, 0.3) is 0 Å². The first-order valence-corrected chi connectivity index (χ1v) is 9.16. The van der Waals surface area contributed by atoms with Crippen molar-refractivity contribution in [3.8, 4) is 0 Å². The number of hydrogen-bond donors (Lipinski definition) is 1. The van der Waals surface area contributed by atoms with E-state index in [-0.39, 0.29) is 12.9 Å². The molecule has 0 amide bonds. The van der Waals surface area contributed by atoms with Crippen LogP contribution in [0.4, 0.5) is 0 Å². The summed E-state index contributed by atoms with van der Waals surface area (Å²) in [6, 6.07) is 0. The summed E-state index contributed by atoms with van der Waals surface area (Å²) in [6.07, 6.45) is 3.23. The lowest BCUT2D eigenvalue weighted by Crippen LogP contribution is -2.24. The van der Waals surface area contributed by atoms with Crippen molar-refractivity contribution in [3.63, 3.8) is 0 Å². The third-order valence-electron chi connectivity index (χ3n) is 3.39. The first kappa shape index (κ1) is 22.7. The first-order chi connectivity index (χ1) is 12.4. The summed E-state index contributed by atoms with van der Waals surface area (Å²) in [6.45, 7) is 6.51. The van der Waals surface area contributed by atoms with Crippen molar-refractivity contribution in [3.05, 3.63) is 0 Å². The van der Waals surface area contributed by atoms with E-state index < -0.39 is 0 Å². The Kier molecular flexibility index (Phi) is 16.8. The van der Waals surface area contributed by atoms with Crippen molar-refractivity contribution < 1.29 is 38.3 Å². The summed E-state index contributed by atoms with van der Waals surface area (Å²) in [5.74, 6) is 0. The lowest BCUT2D eigenvalue weighted by molar-refractivity contribution is -0.169. The highest BCUT2D eigenvalue weighted by atomic mass is 16.7. The first-order valence-electron chi connectivity index (χ1n) is 9.16. The number of aliphatic hydroxyl groups is 1. The molecule has 25 heavy (non-hydrogen) atoms. The van der Waals surface area contributed by atoms with Gasteiger partial charge in [-0.05, 0) is 19.3 Å². The average molecular weight is 366 g/mol. The molecule has 1 saturated heterocycles. The Morgan fingerprint density at radius 2 is 1.12 bits per heavy atom. The van der Waals surface area contributed by atoms with Gasteiger partial charge in [-0.25, -0.2) is 0 Å². The molecule has 0 aromatic rings. The molecule has 8 nitrogen and oxygen atoms in total. The summed E-state index contributed by atoms with van der Waals surface area (Å²) in [4.78, 5) is 0. The van der Waals surface area contributed by atoms with E-state index in [1.54, 1.807) is 0 Å². The van der Waals surface area contributed by atoms with Gasteiger partial charge in [0.25, 0.3) is 0 Å². The molecule has 1 aliphatic rings. The van der Waals surface area contributed by atoms with Gasteiger partial charge >= 0.3 is 0 Å². The standard InChI is InChI=1S/C17H34O8/c18-4-6-19-7-8-20-9-10-21-11-12-22-13-14-23-15-16-25-17-3-1-2-5-24-17/h17-18H,1-16H2/t17-/m0/s1. The van der Waals surface area contributed by atoms with Crippen LogP contribution in [0.3, 0.4) is 0 Å². The van der Waals surface area contributed by atoms with E-state index in [1.165, 1.54) is 6.42 Å². The van der Waals surface area contributed by atoms with Crippen molar-refractivity contribution >= 4 is 0 Å². The lowest BCUT2D eigenvalue weighted by Gasteiger charge is -2.22. The fourth-order valence-corrected chi connectivity index (χ4v) is 2.13. The summed E-state index contributed by atoms with van der Waals surface area (Å²) in [5, 5.41) is 8.52. The molecule has 8 heteroatoms. The quantitative estimate of drug-likeness (QED) is 0.353. The zero-order valence-electron chi connectivity index (χ0n) is 15.2. The van der Waals surface area contributed by atoms with Gasteiger partial charge in [-0.15, -0.1) is 0 Å². The molecule has 1 atom stereocenters. The molecule has 150 valence electrons. The summed E-state index contributed by atoms with van der Waals surface area (Å²) in [5.41, 5.74) is 0. The topological polar surface area (TPSA) is 84.8 Å². The maximum absolute atomic E-state index is 8.52. The third kappa shape index (κ3) is 15.6. The van der Waals surface area contributed by atoms with E-state index >= 15 is 0 Å². The summed E-state index contributed by atoms with van der Waals surface area (Å²) >= 11 is 0. The lowest BCUT2D eigenvalue weighted by atomic mass is 10.2. The minimum absolute atomic E-state index is 0.0390. The second kappa shape index (κ2) is 18.5. The molecule has 0 radical (unpaired) electrons. The number of hydrogen-bond acceptors (Lipinski definition) is 8. The predicted octanol–water partition coefficient (Wildman–Crippen LogP) is 0.605. The number of ether oxygens (including phenoxy) is 7. The molecule has 0 saturated carbocycles. The highest BCUT2D eigenvalue weighted by Crippen LogP contribution is 2.13. The molecule has 1 N–H and O–H groups in total. The molecular formula is C17H34O8. The van der Waals surface area contributed by atoms with Gasteiger partial charge in [0, 0.05) is 6.61 Å². The van der Waals surface area contributed by atoms with Gasteiger partial charge in [-0.3, -0.25) is 0 Å². The van der Waals surface area contributed by atoms with E-state index in [1.807, 2.05) is 0 Å². The van der Waals surface area contributed by atoms with Gasteiger partial charge in [0.05, 0.1) is 79.3 Å². The van der Waals surface area contributed by atoms with Gasteiger partial charge in [0.1, 0.15) is 0 Å². The predicted molar refractivity (Wildman–Crippen MR) is 90.7 cm³/mol. The highest BCUT2D eigenvalue weighted by Gasteiger charge is 2.13. The Morgan fingerprint density at radius 1 is 0.640 bits per heavy atom. The molecule has 0 aromatic carbocycles. The van der Waals surface area contributed by atoms with Crippen LogP contribution in [-0.2, 0) is 33.2 Å². The smallest absolute Gasteiger partial charge is 0.157 e. The molecule has 0 bridgehead atoms. The van der Waals surface area contributed by atoms with Crippen molar-refractivity contribution in [2.24, 2.45) is 0 Å². The van der Waals surface area contributed by atoms with E-state index in [0.717, 1.165) is 19.4 Å². The van der Waals surface area contributed by atoms with Crippen LogP contribution < -0.4 is 0 Å². The van der Waals surface area contributed by atoms with Crippen molar-refractivity contribution in [2.45, 2.75) is 25.6 Å². The zero-order chi connectivity index (χ0) is 17.8. The van der Waals surface area contributed by atoms with Crippen molar-refractivity contribution in [1.82, 2.24) is 0 Å². The molecule has 1 aliphatic heterocycles. The largest absolute Gasteiger partial charge is 0.394 e. The van der Waals surface area contributed by atoms with Crippen LogP contribution in [0.1, 0.15) is 19.3 Å². The number of rotatable bonds is 18. The summed E-state index contributed by atoms with van der Waals surface area (Å²) < 4.78 is 37.6. The van der Waals surface area contributed by atoms with Crippen LogP contribution >= 0.6 is 0 Å². The zero-order valence-corrected chi connectivity index (χ0v) is 15.2. The second-order valence-corrected chi connectivity index (χ2v) is 5.45. The Bertz CT molecular complexity index is 261. The molecule has 1 rings (SSSR count). The SMILES string of the molecule is OCCOCCOCCOCCOCCOCCO[C@H]1CCCCO1. The van der Waals surface area contributed by atoms with Crippen LogP contribution in [0.5, 0.6) is 0 Å². The minimum atomic E-state index is -0.0530. The van der Waals surface area contributed by atoms with E-state index in [4.69, 9.17) is 38.3 Å². The molecule has 0 aromatic heterocycles. The van der Waals surface area contributed by atoms with Gasteiger partial charge in [-0.2, -0.15) is 0 Å². The van der Waals surface area contributed by atoms with Gasteiger partial charge in [0.2, 0.25) is 0 Å². The Hall–Kier alpha value is -0.320. The molecule has 0 spiro atoms. The average Bonchev–Trinajstić information content (AvgIpc) is 2.65. The third-order valence-corrected chi connectivity index (χ3v) is 3.39. The van der Waals surface area contributed by atoms with Gasteiger partial charge in [0.15, 0.2) is 6.29 Å². The van der Waals surface area contributed by atoms with E-state index in [9.17, 15) is 0 Å². The molecule has 1 heterocycles. The summed E-state index contributed by atoms with van der Waals surface area (Å²) in [7, 11) is 0. The van der Waals surface area contributed by atoms with Crippen LogP contribution in [0.2, 0.25) is 0 Å². The van der Waals surface area contributed by atoms with Crippen LogP contribution in [-0.4, -0.2) is 97.3 Å². The van der Waals surface area contributed by atoms with E-state index in [2.05, 4.69) is 0 Å². The Balaban J connectivity index is 1.65. The van der Waals surface area contributed by atoms with Crippen LogP contribution in [0.15, 0.2) is 0 Å².